The SMILES string of the molecule is C1=NCC2CCCNC2=C1. The molecular weight excluding hydrogens is 124 g/mol. The molecule has 2 rings (SSSR count). The van der Waals surface area contributed by atoms with Crippen LogP contribution in [0.25, 0.3) is 0 Å². The van der Waals surface area contributed by atoms with Crippen molar-refractivity contribution in [1.82, 2.24) is 5.32 Å². The van der Waals surface area contributed by atoms with E-state index < -0.39 is 0 Å². The quantitative estimate of drug-likeness (QED) is 0.527. The van der Waals surface area contributed by atoms with Crippen LogP contribution in [0.15, 0.2) is 16.8 Å². The third-order valence-corrected chi connectivity index (χ3v) is 2.18. The van der Waals surface area contributed by atoms with Crippen LogP contribution < -0.4 is 5.32 Å². The molecule has 54 valence electrons. The van der Waals surface area contributed by atoms with Crippen molar-refractivity contribution >= 4 is 6.21 Å². The predicted molar refractivity (Wildman–Crippen MR) is 42.2 cm³/mol. The first-order chi connectivity index (χ1) is 4.97. The van der Waals surface area contributed by atoms with E-state index in [1.54, 1.807) is 0 Å². The summed E-state index contributed by atoms with van der Waals surface area (Å²) in [6.07, 6.45) is 6.63. The summed E-state index contributed by atoms with van der Waals surface area (Å²) in [4.78, 5) is 4.22. The van der Waals surface area contributed by atoms with Gasteiger partial charge in [-0.1, -0.05) is 0 Å². The molecule has 0 aromatic carbocycles. The number of piperidine rings is 1. The Morgan fingerprint density at radius 2 is 2.60 bits per heavy atom. The molecule has 0 aromatic rings. The topological polar surface area (TPSA) is 24.4 Å². The zero-order valence-corrected chi connectivity index (χ0v) is 6.01. The lowest BCUT2D eigenvalue weighted by atomic mass is 9.94. The summed E-state index contributed by atoms with van der Waals surface area (Å²) in [6.45, 7) is 2.15. The van der Waals surface area contributed by atoms with E-state index in [9.17, 15) is 0 Å². The van der Waals surface area contributed by atoms with Gasteiger partial charge < -0.3 is 5.32 Å². The molecule has 1 saturated heterocycles. The first-order valence-corrected chi connectivity index (χ1v) is 3.91. The number of dihydropyridines is 1. The van der Waals surface area contributed by atoms with Crippen LogP contribution in [0.3, 0.4) is 0 Å². The number of nitrogens with zero attached hydrogens (tertiary/aromatic N) is 1. The van der Waals surface area contributed by atoms with Gasteiger partial charge in [0.25, 0.3) is 0 Å². The highest BCUT2D eigenvalue weighted by Crippen LogP contribution is 2.21. The highest BCUT2D eigenvalue weighted by Gasteiger charge is 2.18. The van der Waals surface area contributed by atoms with Gasteiger partial charge in [-0.15, -0.1) is 0 Å². The lowest BCUT2D eigenvalue weighted by Gasteiger charge is -2.27. The Morgan fingerprint density at radius 3 is 3.50 bits per heavy atom. The van der Waals surface area contributed by atoms with Gasteiger partial charge in [0.15, 0.2) is 0 Å². The molecule has 2 heteroatoms. The normalized spacial score (nSPS) is 30.4. The second-order valence-electron chi connectivity index (χ2n) is 2.90. The fraction of sp³-hybridized carbons (Fsp3) is 0.625. The van der Waals surface area contributed by atoms with Gasteiger partial charge in [-0.25, -0.2) is 0 Å². The average Bonchev–Trinajstić information content (AvgIpc) is 2.05. The first kappa shape index (κ1) is 5.96. The Balaban J connectivity index is 2.14. The summed E-state index contributed by atoms with van der Waals surface area (Å²) in [5.74, 6) is 0.707. The molecule has 0 spiro atoms. The largest absolute Gasteiger partial charge is 0.388 e. The van der Waals surface area contributed by atoms with Crippen molar-refractivity contribution in [2.24, 2.45) is 10.9 Å². The summed E-state index contributed by atoms with van der Waals surface area (Å²) in [6, 6.07) is 0. The molecule has 10 heavy (non-hydrogen) atoms. The molecule has 0 amide bonds. The second kappa shape index (κ2) is 2.45. The van der Waals surface area contributed by atoms with Gasteiger partial charge in [0, 0.05) is 30.9 Å². The summed E-state index contributed by atoms with van der Waals surface area (Å²) in [5.41, 5.74) is 1.40. The van der Waals surface area contributed by atoms with E-state index in [1.165, 1.54) is 18.5 Å². The third-order valence-electron chi connectivity index (χ3n) is 2.18. The zero-order chi connectivity index (χ0) is 6.81. The van der Waals surface area contributed by atoms with Crippen LogP contribution in [0.2, 0.25) is 0 Å². The maximum Gasteiger partial charge on any atom is 0.0472 e. The summed E-state index contributed by atoms with van der Waals surface area (Å²) in [5, 5.41) is 3.39. The lowest BCUT2D eigenvalue weighted by molar-refractivity contribution is 0.449. The number of rotatable bonds is 0. The van der Waals surface area contributed by atoms with Crippen LogP contribution in [0, 0.1) is 5.92 Å². The Bertz CT molecular complexity index is 182. The maximum atomic E-state index is 4.22. The van der Waals surface area contributed by atoms with Crippen molar-refractivity contribution in [1.29, 1.82) is 0 Å². The van der Waals surface area contributed by atoms with Crippen LogP contribution in [0.5, 0.6) is 0 Å². The Hall–Kier alpha value is -0.790. The van der Waals surface area contributed by atoms with Crippen molar-refractivity contribution in [3.05, 3.63) is 11.8 Å². The Kier molecular flexibility index (Phi) is 1.46. The minimum atomic E-state index is 0.707. The molecule has 1 atom stereocenters. The smallest absolute Gasteiger partial charge is 0.0472 e. The van der Waals surface area contributed by atoms with E-state index in [0.717, 1.165) is 13.1 Å². The van der Waals surface area contributed by atoms with Gasteiger partial charge in [0.05, 0.1) is 0 Å². The minimum Gasteiger partial charge on any atom is -0.388 e. The van der Waals surface area contributed by atoms with E-state index in [4.69, 9.17) is 0 Å². The van der Waals surface area contributed by atoms with E-state index >= 15 is 0 Å². The third kappa shape index (κ3) is 0.939. The standard InChI is InChI=1S/C8H12N2/c1-2-7-6-9-5-3-8(7)10-4-1/h3,5,7,10H,1-2,4,6H2. The first-order valence-electron chi connectivity index (χ1n) is 3.91. The predicted octanol–water partition coefficient (Wildman–Crippen LogP) is 0.954. The molecule has 2 nitrogen and oxygen atoms in total. The van der Waals surface area contributed by atoms with Crippen LogP contribution >= 0.6 is 0 Å². The molecule has 0 aliphatic carbocycles. The van der Waals surface area contributed by atoms with Crippen molar-refractivity contribution in [2.75, 3.05) is 13.1 Å². The number of aliphatic imine (C=N–C) groups is 1. The highest BCUT2D eigenvalue weighted by molar-refractivity contribution is 5.73. The second-order valence-corrected chi connectivity index (χ2v) is 2.90. The molecule has 1 fully saturated rings. The van der Waals surface area contributed by atoms with Gasteiger partial charge in [0.1, 0.15) is 0 Å². The van der Waals surface area contributed by atoms with Crippen molar-refractivity contribution < 1.29 is 0 Å². The maximum absolute atomic E-state index is 4.22. The van der Waals surface area contributed by atoms with Gasteiger partial charge in [-0.05, 0) is 18.9 Å². The van der Waals surface area contributed by atoms with Gasteiger partial charge in [0.2, 0.25) is 0 Å². The highest BCUT2D eigenvalue weighted by atomic mass is 14.9. The van der Waals surface area contributed by atoms with Crippen LogP contribution in [0.4, 0.5) is 0 Å². The monoisotopic (exact) mass is 136 g/mol. The fourth-order valence-corrected chi connectivity index (χ4v) is 1.59. The molecular formula is C8H12N2. The van der Waals surface area contributed by atoms with Crippen LogP contribution in [-0.4, -0.2) is 19.3 Å². The van der Waals surface area contributed by atoms with Gasteiger partial charge in [-0.3, -0.25) is 4.99 Å². The van der Waals surface area contributed by atoms with Crippen molar-refractivity contribution in [3.8, 4) is 0 Å². The number of hydrogen-bond donors (Lipinski definition) is 1. The van der Waals surface area contributed by atoms with Crippen molar-refractivity contribution in [3.63, 3.8) is 0 Å². The average molecular weight is 136 g/mol. The molecule has 2 heterocycles. The number of fused-ring (bicyclic) bond motifs is 1. The molecule has 0 aromatic heterocycles. The lowest BCUT2D eigenvalue weighted by Crippen LogP contribution is -2.30. The molecule has 1 unspecified atom stereocenters. The fourth-order valence-electron chi connectivity index (χ4n) is 1.59. The zero-order valence-electron chi connectivity index (χ0n) is 6.01. The number of nitrogens with one attached hydrogen (secondary N) is 1. The van der Waals surface area contributed by atoms with Crippen molar-refractivity contribution in [2.45, 2.75) is 12.8 Å². The van der Waals surface area contributed by atoms with Crippen LogP contribution in [-0.2, 0) is 0 Å². The molecule has 1 N–H and O–H groups in total. The summed E-state index contributed by atoms with van der Waals surface area (Å²) >= 11 is 0. The van der Waals surface area contributed by atoms with Crippen LogP contribution in [0.1, 0.15) is 12.8 Å². The van der Waals surface area contributed by atoms with E-state index in [-0.39, 0.29) is 0 Å². The number of allylic oxidation sites excluding steroid dienone is 1. The Labute approximate surface area is 61.0 Å². The molecule has 0 radical (unpaired) electrons. The number of hydrogen-bond acceptors (Lipinski definition) is 2. The van der Waals surface area contributed by atoms with Gasteiger partial charge in [-0.2, -0.15) is 0 Å². The van der Waals surface area contributed by atoms with Gasteiger partial charge >= 0.3 is 0 Å². The van der Waals surface area contributed by atoms with E-state index in [2.05, 4.69) is 16.4 Å². The van der Waals surface area contributed by atoms with E-state index in [0.29, 0.717) is 5.92 Å². The minimum absolute atomic E-state index is 0.707. The summed E-state index contributed by atoms with van der Waals surface area (Å²) in [7, 11) is 0. The molecule has 2 aliphatic rings. The molecule has 0 saturated carbocycles. The van der Waals surface area contributed by atoms with E-state index in [1.807, 2.05) is 6.21 Å². The Morgan fingerprint density at radius 1 is 1.60 bits per heavy atom. The molecule has 2 aliphatic heterocycles. The molecule has 0 bridgehead atoms. The summed E-state index contributed by atoms with van der Waals surface area (Å²) < 4.78 is 0.